The van der Waals surface area contributed by atoms with Gasteiger partial charge in [-0.2, -0.15) is 0 Å². The number of nitrogens with one attached hydrogen (secondary N) is 8. The Hall–Kier alpha value is -12.8. The summed E-state index contributed by atoms with van der Waals surface area (Å²) in [6.07, 6.45) is 2.78. The number of halogens is 2. The topological polar surface area (TPSA) is 440 Å². The Bertz CT molecular complexity index is 5650. The summed E-state index contributed by atoms with van der Waals surface area (Å²) in [5.74, 6) is -9.77. The van der Waals surface area contributed by atoms with Gasteiger partial charge >= 0.3 is 17.9 Å². The van der Waals surface area contributed by atoms with Crippen molar-refractivity contribution < 1.29 is 98.5 Å². The number of amides is 9. The predicted octanol–water partition coefficient (Wildman–Crippen LogP) is 9.82. The lowest BCUT2D eigenvalue weighted by molar-refractivity contribution is -0.141. The SMILES string of the molecule is CC(C)C[C@H](N[C@H](CCN1C(=O)c2cc3ccccc3cc2C1=O)C(=O)O)C(=O)NCc1ccc(F)c(F)c1.CC(C)C[C@H](N[C@H](CCN1C(=O)c2cc3ccccc3cc2C1=O)C(=O)O)C(=O)NCc1ccc(NS(C)(=O)=O)cc1.CC(C)C[C@H](N[C@H](CCN1C(=O)c2cc3ccccc3cc2C1=O)C(=O)O)C(=O)NCc1cccc(NS(C)(=O)=O)c1. The zero-order chi connectivity index (χ0) is 89.5. The molecule has 9 aromatic rings. The fourth-order valence-corrected chi connectivity index (χ4v) is 15.6. The van der Waals surface area contributed by atoms with Crippen molar-refractivity contribution in [2.24, 2.45) is 17.8 Å². The van der Waals surface area contributed by atoms with Gasteiger partial charge in [-0.05, 0) is 178 Å². The molecule has 0 radical (unpaired) electrons. The largest absolute Gasteiger partial charge is 0.480 e. The number of anilines is 2. The molecule has 0 fully saturated rings. The van der Waals surface area contributed by atoms with Gasteiger partial charge in [-0.3, -0.25) is 97.6 Å². The Kier molecular flexibility index (Phi) is 30.6. The number of carboxylic acids is 3. The molecule has 123 heavy (non-hydrogen) atoms. The molecule has 0 saturated heterocycles. The number of aliphatic carboxylic acids is 3. The average Bonchev–Trinajstić information content (AvgIpc) is 1.63. The van der Waals surface area contributed by atoms with Crippen LogP contribution in [0.3, 0.4) is 0 Å². The lowest BCUT2D eigenvalue weighted by Gasteiger charge is -2.25. The number of fused-ring (bicyclic) bond motifs is 6. The van der Waals surface area contributed by atoms with E-state index in [9.17, 15) is 98.5 Å². The van der Waals surface area contributed by atoms with Crippen molar-refractivity contribution in [3.8, 4) is 0 Å². The average molecular weight is 1730 g/mol. The molecule has 0 aliphatic carbocycles. The predicted molar refractivity (Wildman–Crippen MR) is 457 cm³/mol. The molecule has 0 unspecified atom stereocenters. The molecule has 0 saturated carbocycles. The number of rotatable bonds is 37. The molecule has 6 atom stereocenters. The second-order valence-corrected chi connectivity index (χ2v) is 35.2. The minimum absolute atomic E-state index is 0.0244. The van der Waals surface area contributed by atoms with Crippen LogP contribution in [0.5, 0.6) is 0 Å². The minimum atomic E-state index is -3.47. The molecule has 9 aromatic carbocycles. The molecular weight excluding hydrogens is 1630 g/mol. The van der Waals surface area contributed by atoms with Crippen LogP contribution in [-0.4, -0.2) is 186 Å². The highest BCUT2D eigenvalue weighted by Gasteiger charge is 2.41. The van der Waals surface area contributed by atoms with E-state index < -0.39 is 139 Å². The van der Waals surface area contributed by atoms with Crippen LogP contribution < -0.4 is 41.3 Å². The number of benzene rings is 9. The lowest BCUT2D eigenvalue weighted by Crippen LogP contribution is -2.52. The van der Waals surface area contributed by atoms with Gasteiger partial charge in [0.25, 0.3) is 35.4 Å². The number of carbonyl (C=O) groups excluding carboxylic acids is 9. The second kappa shape index (κ2) is 40.7. The maximum absolute atomic E-state index is 13.5. The Morgan fingerprint density at radius 1 is 0.333 bits per heavy atom. The number of sulfonamides is 2. The molecule has 9 amide bonds. The highest BCUT2D eigenvalue weighted by Crippen LogP contribution is 2.33. The summed E-state index contributed by atoms with van der Waals surface area (Å²) in [7, 11) is -6.88. The van der Waals surface area contributed by atoms with Crippen molar-refractivity contribution in [3.05, 3.63) is 238 Å². The van der Waals surface area contributed by atoms with Crippen molar-refractivity contribution in [1.82, 2.24) is 46.6 Å². The first-order valence-corrected chi connectivity index (χ1v) is 43.5. The van der Waals surface area contributed by atoms with Crippen molar-refractivity contribution in [1.29, 1.82) is 0 Å². The molecule has 30 nitrogen and oxygen atoms in total. The van der Waals surface area contributed by atoms with E-state index in [1.54, 1.807) is 84.9 Å². The standard InChI is InChI=1S/2C30H34N4O7S.C29H29F2N3O5/c1-18(2)13-26(27(35)31-17-19-7-6-10-22(14-19)33-42(3,40)41)32-25(30(38)39)11-12-34-28(36)23-15-20-8-4-5-9-21(20)16-24(23)29(34)37;1-18(2)14-26(27(35)31-17-19-8-10-22(11-9-19)33-42(3,40)41)32-25(30(38)39)12-13-34-28(36)23-15-20-6-4-5-7-21(20)16-24(23)29(34)37;1-16(2)11-25(26(35)32-15-17-7-8-22(30)23(31)12-17)33-24(29(38)39)9-10-34-27(36)20-13-18-5-3-4-6-19(18)14-21(20)28(34)37/h4-10,14-16,18,25-26,32-33H,11-13,17H2,1-3H3,(H,31,35)(H,38,39);4-11,15-16,18,25-26,32-33H,12-14,17H2,1-3H3,(H,31,35)(H,38,39);3-8,12-14,16,24-25,33H,9-11,15H2,1-2H3,(H,32,35)(H,38,39)/t2*25-,26+;24-,25+/m111/s1. The van der Waals surface area contributed by atoms with E-state index in [1.807, 2.05) is 114 Å². The normalized spacial score (nSPS) is 14.6. The van der Waals surface area contributed by atoms with Gasteiger partial charge in [0, 0.05) is 50.6 Å². The Morgan fingerprint density at radius 3 is 0.886 bits per heavy atom. The van der Waals surface area contributed by atoms with Crippen LogP contribution in [0.25, 0.3) is 32.3 Å². The van der Waals surface area contributed by atoms with Gasteiger partial charge in [0.05, 0.1) is 64.0 Å². The quantitative estimate of drug-likeness (QED) is 0.0161. The minimum Gasteiger partial charge on any atom is -0.480 e. The lowest BCUT2D eigenvalue weighted by atomic mass is 10.0. The van der Waals surface area contributed by atoms with Crippen LogP contribution in [-0.2, 0) is 68.4 Å². The van der Waals surface area contributed by atoms with E-state index in [1.165, 1.54) is 6.07 Å². The number of imide groups is 3. The molecule has 3 heterocycles. The summed E-state index contributed by atoms with van der Waals surface area (Å²) in [6.45, 7) is 11.1. The van der Waals surface area contributed by atoms with Crippen LogP contribution >= 0.6 is 0 Å². The van der Waals surface area contributed by atoms with Crippen molar-refractivity contribution >= 4 is 135 Å². The molecule has 0 spiro atoms. The smallest absolute Gasteiger partial charge is 0.320 e. The summed E-state index contributed by atoms with van der Waals surface area (Å²) in [4.78, 5) is 157. The number of nitrogens with zero attached hydrogens (tertiary/aromatic N) is 3. The first-order valence-electron chi connectivity index (χ1n) is 39.7. The summed E-state index contributed by atoms with van der Waals surface area (Å²) < 4.78 is 77.3. The van der Waals surface area contributed by atoms with Gasteiger partial charge in [0.15, 0.2) is 11.6 Å². The third kappa shape index (κ3) is 24.8. The summed E-state index contributed by atoms with van der Waals surface area (Å²) in [6, 6.07) is 42.2. The van der Waals surface area contributed by atoms with Gasteiger partial charge < -0.3 is 31.3 Å². The fourth-order valence-electron chi connectivity index (χ4n) is 14.5. The van der Waals surface area contributed by atoms with Crippen molar-refractivity contribution in [3.63, 3.8) is 0 Å². The summed E-state index contributed by atoms with van der Waals surface area (Å²) in [5.41, 5.74) is 4.14. The molecule has 3 aliphatic rings. The van der Waals surface area contributed by atoms with E-state index in [4.69, 9.17) is 0 Å². The van der Waals surface area contributed by atoms with Gasteiger partial charge in [0.2, 0.25) is 37.8 Å². The second-order valence-electron chi connectivity index (χ2n) is 31.7. The summed E-state index contributed by atoms with van der Waals surface area (Å²) in [5, 5.41) is 51.6. The molecular formula is C89H97F2N11O19S2. The van der Waals surface area contributed by atoms with E-state index >= 15 is 0 Å². The third-order valence-electron chi connectivity index (χ3n) is 20.5. The van der Waals surface area contributed by atoms with Gasteiger partial charge in [-0.15, -0.1) is 0 Å². The molecule has 11 N–H and O–H groups in total. The monoisotopic (exact) mass is 1730 g/mol. The Labute approximate surface area is 709 Å². The number of carbonyl (C=O) groups is 12. The van der Waals surface area contributed by atoms with Crippen LogP contribution in [0, 0.1) is 29.4 Å². The van der Waals surface area contributed by atoms with E-state index in [0.717, 1.165) is 77.2 Å². The fraction of sp³-hybridized carbons (Fsp3) is 0.326. The van der Waals surface area contributed by atoms with Crippen LogP contribution in [0.2, 0.25) is 0 Å². The zero-order valence-corrected chi connectivity index (χ0v) is 70.3. The van der Waals surface area contributed by atoms with Crippen LogP contribution in [0.1, 0.15) is 159 Å². The highest BCUT2D eigenvalue weighted by atomic mass is 32.2. The number of hydrogen-bond acceptors (Lipinski definition) is 19. The molecule has 0 aromatic heterocycles. The van der Waals surface area contributed by atoms with E-state index in [-0.39, 0.29) is 110 Å². The molecule has 3 aliphatic heterocycles. The first kappa shape index (κ1) is 92.5. The number of hydrogen-bond donors (Lipinski definition) is 11. The first-order chi connectivity index (χ1) is 58.2. The van der Waals surface area contributed by atoms with Crippen LogP contribution in [0.15, 0.2) is 176 Å². The Balaban J connectivity index is 0.000000193. The maximum Gasteiger partial charge on any atom is 0.320 e. The highest BCUT2D eigenvalue weighted by molar-refractivity contribution is 7.92. The number of carboxylic acid groups (broad SMARTS) is 3. The molecule has 0 bridgehead atoms. The van der Waals surface area contributed by atoms with Gasteiger partial charge in [-0.25, -0.2) is 25.6 Å². The van der Waals surface area contributed by atoms with Gasteiger partial charge in [0.1, 0.15) is 18.1 Å². The van der Waals surface area contributed by atoms with Crippen molar-refractivity contribution in [2.45, 2.75) is 136 Å². The third-order valence-corrected chi connectivity index (χ3v) is 21.7. The molecule has 648 valence electrons. The van der Waals surface area contributed by atoms with E-state index in [2.05, 4.69) is 41.3 Å². The molecule has 34 heteroatoms. The summed E-state index contributed by atoms with van der Waals surface area (Å²) >= 11 is 0. The van der Waals surface area contributed by atoms with Gasteiger partial charge in [-0.1, -0.05) is 145 Å². The molecule has 12 rings (SSSR count). The zero-order valence-electron chi connectivity index (χ0n) is 68.7. The maximum atomic E-state index is 13.5. The Morgan fingerprint density at radius 2 is 0.610 bits per heavy atom. The van der Waals surface area contributed by atoms with Crippen molar-refractivity contribution in [2.75, 3.05) is 41.6 Å². The van der Waals surface area contributed by atoms with E-state index in [0.29, 0.717) is 41.8 Å². The van der Waals surface area contributed by atoms with Crippen LogP contribution in [0.4, 0.5) is 20.2 Å².